The number of carbonyl (C=O) groups is 1. The van der Waals surface area contributed by atoms with E-state index in [4.69, 9.17) is 10.1 Å². The van der Waals surface area contributed by atoms with E-state index in [1.807, 2.05) is 30.3 Å². The van der Waals surface area contributed by atoms with Crippen molar-refractivity contribution >= 4 is 17.5 Å². The zero-order chi connectivity index (χ0) is 15.0. The number of nitrogens with zero attached hydrogens (tertiary/aromatic N) is 2. The van der Waals surface area contributed by atoms with Gasteiger partial charge in [-0.25, -0.2) is 4.99 Å². The van der Waals surface area contributed by atoms with Crippen LogP contribution in [0.5, 0.6) is 0 Å². The van der Waals surface area contributed by atoms with Gasteiger partial charge in [0.25, 0.3) is 5.91 Å². The Hall–Kier alpha value is -2.74. The van der Waals surface area contributed by atoms with Crippen LogP contribution < -0.4 is 0 Å². The maximum Gasteiger partial charge on any atom is 0.276 e. The fourth-order valence-corrected chi connectivity index (χ4v) is 2.78. The number of nitrogens with one attached hydrogen (secondary N) is 1. The fraction of sp³-hybridized carbons (Fsp3) is 0.250. The molecule has 0 spiro atoms. The lowest BCUT2D eigenvalue weighted by molar-refractivity contribution is -0.115. The number of hydrogen-bond acceptors (Lipinski definition) is 4. The minimum absolute atomic E-state index is 0.104. The molecule has 2 heterocycles. The zero-order valence-electron chi connectivity index (χ0n) is 11.5. The molecule has 5 heteroatoms. The second kappa shape index (κ2) is 4.98. The van der Waals surface area contributed by atoms with Gasteiger partial charge >= 0.3 is 0 Å². The summed E-state index contributed by atoms with van der Waals surface area (Å²) in [6, 6.07) is 11.4. The monoisotopic (exact) mass is 279 g/mol. The van der Waals surface area contributed by atoms with E-state index < -0.39 is 11.8 Å². The number of ether oxygens (including phenoxy) is 1. The summed E-state index contributed by atoms with van der Waals surface area (Å²) in [7, 11) is 0. The van der Waals surface area contributed by atoms with E-state index in [9.17, 15) is 10.1 Å². The molecule has 21 heavy (non-hydrogen) atoms. The van der Waals surface area contributed by atoms with Gasteiger partial charge in [-0.15, -0.1) is 0 Å². The van der Waals surface area contributed by atoms with Gasteiger partial charge in [-0.3, -0.25) is 10.2 Å². The van der Waals surface area contributed by atoms with Crippen molar-refractivity contribution in [1.82, 2.24) is 0 Å². The molecule has 0 aliphatic carbocycles. The Morgan fingerprint density at radius 3 is 2.76 bits per heavy atom. The minimum atomic E-state index is -0.802. The molecule has 0 fully saturated rings. The van der Waals surface area contributed by atoms with Crippen molar-refractivity contribution in [3.8, 4) is 6.07 Å². The van der Waals surface area contributed by atoms with Crippen LogP contribution in [0.25, 0.3) is 0 Å². The highest BCUT2D eigenvalue weighted by atomic mass is 16.5. The molecule has 3 rings (SSSR count). The van der Waals surface area contributed by atoms with Crippen LogP contribution in [-0.2, 0) is 9.53 Å². The molecule has 0 radical (unpaired) electrons. The topological polar surface area (TPSA) is 86.3 Å². The van der Waals surface area contributed by atoms with E-state index in [0.29, 0.717) is 23.5 Å². The SMILES string of the molecule is CC1=NC(=O)C2=C(C1)OC(=N)C(C#N)C2c1ccccc1. The molecule has 0 bridgehead atoms. The Morgan fingerprint density at radius 2 is 2.10 bits per heavy atom. The second-order valence-electron chi connectivity index (χ2n) is 5.13. The molecule has 1 N–H and O–H groups in total. The highest BCUT2D eigenvalue weighted by Gasteiger charge is 2.42. The largest absolute Gasteiger partial charge is 0.446 e. The number of rotatable bonds is 1. The molecule has 1 aromatic carbocycles. The molecule has 0 saturated heterocycles. The maximum absolute atomic E-state index is 12.3. The number of carbonyl (C=O) groups excluding carboxylic acids is 1. The van der Waals surface area contributed by atoms with E-state index in [-0.39, 0.29) is 11.8 Å². The number of dihydropyridines is 1. The predicted molar refractivity (Wildman–Crippen MR) is 76.9 cm³/mol. The average molecular weight is 279 g/mol. The maximum atomic E-state index is 12.3. The van der Waals surface area contributed by atoms with E-state index in [1.165, 1.54) is 0 Å². The highest BCUT2D eigenvalue weighted by Crippen LogP contribution is 2.41. The van der Waals surface area contributed by atoms with Gasteiger partial charge in [-0.2, -0.15) is 5.26 Å². The number of aliphatic imine (C=N–C) groups is 1. The summed E-state index contributed by atoms with van der Waals surface area (Å²) in [5, 5.41) is 17.3. The predicted octanol–water partition coefficient (Wildman–Crippen LogP) is 2.56. The number of amides is 1. The number of nitriles is 1. The minimum Gasteiger partial charge on any atom is -0.446 e. The molecule has 2 atom stereocenters. The van der Waals surface area contributed by atoms with Crippen molar-refractivity contribution in [2.24, 2.45) is 10.9 Å². The van der Waals surface area contributed by atoms with Gasteiger partial charge < -0.3 is 4.74 Å². The molecular formula is C16H13N3O2. The second-order valence-corrected chi connectivity index (χ2v) is 5.13. The van der Waals surface area contributed by atoms with Crippen molar-refractivity contribution in [2.75, 3.05) is 0 Å². The van der Waals surface area contributed by atoms with Gasteiger partial charge in [-0.1, -0.05) is 30.3 Å². The Bertz CT molecular complexity index is 726. The van der Waals surface area contributed by atoms with Crippen molar-refractivity contribution in [2.45, 2.75) is 19.3 Å². The van der Waals surface area contributed by atoms with Crippen LogP contribution in [0, 0.1) is 22.7 Å². The van der Waals surface area contributed by atoms with Gasteiger partial charge in [0.15, 0.2) is 0 Å². The van der Waals surface area contributed by atoms with Crippen molar-refractivity contribution in [3.05, 3.63) is 47.2 Å². The number of benzene rings is 1. The Labute approximate surface area is 122 Å². The third-order valence-corrected chi connectivity index (χ3v) is 3.70. The van der Waals surface area contributed by atoms with E-state index in [1.54, 1.807) is 6.92 Å². The molecular weight excluding hydrogens is 266 g/mol. The smallest absolute Gasteiger partial charge is 0.276 e. The van der Waals surface area contributed by atoms with Crippen LogP contribution in [0.1, 0.15) is 24.8 Å². The molecule has 2 aliphatic rings. The summed E-state index contributed by atoms with van der Waals surface area (Å²) in [6.07, 6.45) is 0.408. The van der Waals surface area contributed by atoms with Gasteiger partial charge in [-0.05, 0) is 12.5 Å². The molecule has 5 nitrogen and oxygen atoms in total. The third-order valence-electron chi connectivity index (χ3n) is 3.70. The first-order valence-corrected chi connectivity index (χ1v) is 6.64. The number of allylic oxidation sites excluding steroid dienone is 1. The molecule has 2 unspecified atom stereocenters. The standard InChI is InChI=1S/C16H13N3O2/c1-9-7-12-14(16(20)19-9)13(10-5-3-2-4-6-10)11(8-17)15(18)21-12/h2-6,11,13,18H,7H2,1H3. The first kappa shape index (κ1) is 13.3. The van der Waals surface area contributed by atoms with Crippen molar-refractivity contribution in [1.29, 1.82) is 10.7 Å². The lowest BCUT2D eigenvalue weighted by Crippen LogP contribution is -2.34. The lowest BCUT2D eigenvalue weighted by atomic mass is 9.77. The van der Waals surface area contributed by atoms with Crippen molar-refractivity contribution < 1.29 is 9.53 Å². The first-order valence-electron chi connectivity index (χ1n) is 6.64. The molecule has 1 amide bonds. The van der Waals surface area contributed by atoms with Crippen LogP contribution in [-0.4, -0.2) is 17.5 Å². The van der Waals surface area contributed by atoms with E-state index in [0.717, 1.165) is 5.56 Å². The summed E-state index contributed by atoms with van der Waals surface area (Å²) >= 11 is 0. The number of hydrogen-bond donors (Lipinski definition) is 1. The Balaban J connectivity index is 2.17. The summed E-state index contributed by atoms with van der Waals surface area (Å²) in [4.78, 5) is 16.3. The average Bonchev–Trinajstić information content (AvgIpc) is 2.46. The Morgan fingerprint density at radius 1 is 1.38 bits per heavy atom. The van der Waals surface area contributed by atoms with Crippen LogP contribution in [0.15, 0.2) is 46.7 Å². The van der Waals surface area contributed by atoms with E-state index >= 15 is 0 Å². The summed E-state index contributed by atoms with van der Waals surface area (Å²) < 4.78 is 5.43. The third kappa shape index (κ3) is 2.15. The molecule has 2 aliphatic heterocycles. The normalized spacial score (nSPS) is 24.9. The first-order chi connectivity index (χ1) is 10.1. The molecule has 0 aromatic heterocycles. The van der Waals surface area contributed by atoms with Crippen LogP contribution in [0.3, 0.4) is 0 Å². The summed E-state index contributed by atoms with van der Waals surface area (Å²) in [5.41, 5.74) is 1.90. The lowest BCUT2D eigenvalue weighted by Gasteiger charge is -2.32. The molecule has 0 saturated carbocycles. The zero-order valence-corrected chi connectivity index (χ0v) is 11.5. The van der Waals surface area contributed by atoms with E-state index in [2.05, 4.69) is 11.1 Å². The summed E-state index contributed by atoms with van der Waals surface area (Å²) in [5.74, 6) is -1.30. The molecule has 104 valence electrons. The van der Waals surface area contributed by atoms with Gasteiger partial charge in [0.05, 0.1) is 11.6 Å². The van der Waals surface area contributed by atoms with Crippen molar-refractivity contribution in [3.63, 3.8) is 0 Å². The van der Waals surface area contributed by atoms with Crippen LogP contribution in [0.4, 0.5) is 0 Å². The fourth-order valence-electron chi connectivity index (χ4n) is 2.78. The molecule has 1 aromatic rings. The van der Waals surface area contributed by atoms with Gasteiger partial charge in [0.2, 0.25) is 5.90 Å². The highest BCUT2D eigenvalue weighted by molar-refractivity contribution is 6.09. The van der Waals surface area contributed by atoms with Gasteiger partial charge in [0, 0.05) is 18.1 Å². The summed E-state index contributed by atoms with van der Waals surface area (Å²) in [6.45, 7) is 1.75. The van der Waals surface area contributed by atoms with Crippen LogP contribution >= 0.6 is 0 Å². The Kier molecular flexibility index (Phi) is 3.15. The quantitative estimate of drug-likeness (QED) is 0.857. The van der Waals surface area contributed by atoms with Crippen LogP contribution in [0.2, 0.25) is 0 Å². The van der Waals surface area contributed by atoms with Gasteiger partial charge in [0.1, 0.15) is 11.7 Å².